The molecule has 0 saturated carbocycles. The fourth-order valence-electron chi connectivity index (χ4n) is 3.06. The summed E-state index contributed by atoms with van der Waals surface area (Å²) in [5.74, 6) is -0.377. The van der Waals surface area contributed by atoms with Crippen molar-refractivity contribution in [2.24, 2.45) is 5.92 Å². The van der Waals surface area contributed by atoms with Crippen LogP contribution in [0.3, 0.4) is 0 Å². The minimum Gasteiger partial charge on any atom is -0.481 e. The first-order chi connectivity index (χ1) is 10.4. The Morgan fingerprint density at radius 3 is 2.86 bits per heavy atom. The van der Waals surface area contributed by atoms with Gasteiger partial charge in [-0.05, 0) is 50.7 Å². The average molecular weight is 304 g/mol. The van der Waals surface area contributed by atoms with Gasteiger partial charge in [0.05, 0.1) is 5.41 Å². The summed E-state index contributed by atoms with van der Waals surface area (Å²) in [6, 6.07) is 3.77. The van der Waals surface area contributed by atoms with E-state index in [1.807, 2.05) is 30.9 Å². The fraction of sp³-hybridized carbons (Fsp3) is 0.588. The van der Waals surface area contributed by atoms with E-state index >= 15 is 0 Å². The van der Waals surface area contributed by atoms with E-state index in [1.165, 1.54) is 0 Å². The van der Waals surface area contributed by atoms with Crippen molar-refractivity contribution in [2.45, 2.75) is 44.9 Å². The number of nitrogens with zero attached hydrogens (tertiary/aromatic N) is 2. The van der Waals surface area contributed by atoms with Crippen LogP contribution in [0, 0.1) is 5.92 Å². The molecule has 0 aliphatic carbocycles. The third kappa shape index (κ3) is 3.84. The highest BCUT2D eigenvalue weighted by Gasteiger charge is 2.36. The van der Waals surface area contributed by atoms with Gasteiger partial charge in [-0.2, -0.15) is 0 Å². The molecule has 1 aromatic heterocycles. The van der Waals surface area contributed by atoms with Crippen LogP contribution in [-0.4, -0.2) is 40.0 Å². The predicted molar refractivity (Wildman–Crippen MR) is 83.4 cm³/mol. The summed E-state index contributed by atoms with van der Waals surface area (Å²) in [4.78, 5) is 29.6. The highest BCUT2D eigenvalue weighted by molar-refractivity contribution is 5.87. The number of likely N-dealkylation sites (tertiary alicyclic amines) is 1. The first kappa shape index (κ1) is 16.5. The first-order valence-electron chi connectivity index (χ1n) is 7.83. The van der Waals surface area contributed by atoms with Crippen LogP contribution in [0.2, 0.25) is 0 Å². The number of piperidine rings is 1. The molecule has 0 radical (unpaired) electrons. The molecule has 0 aromatic carbocycles. The van der Waals surface area contributed by atoms with E-state index in [2.05, 4.69) is 4.98 Å². The Balaban J connectivity index is 2.03. The Kier molecular flexibility index (Phi) is 5.16. The van der Waals surface area contributed by atoms with E-state index in [9.17, 15) is 9.59 Å². The van der Waals surface area contributed by atoms with Crippen LogP contribution in [0.15, 0.2) is 24.5 Å². The van der Waals surface area contributed by atoms with Crippen molar-refractivity contribution < 1.29 is 14.7 Å². The number of pyridine rings is 1. The van der Waals surface area contributed by atoms with Crippen LogP contribution in [0.5, 0.6) is 0 Å². The molecular formula is C17H24N2O3. The zero-order chi connectivity index (χ0) is 16.2. The van der Waals surface area contributed by atoms with E-state index in [0.717, 1.165) is 24.9 Å². The summed E-state index contributed by atoms with van der Waals surface area (Å²) in [6.45, 7) is 5.27. The first-order valence-corrected chi connectivity index (χ1v) is 7.83. The predicted octanol–water partition coefficient (Wildman–Crippen LogP) is 2.46. The van der Waals surface area contributed by atoms with Crippen LogP contribution in [0.4, 0.5) is 0 Å². The largest absolute Gasteiger partial charge is 0.481 e. The number of aromatic nitrogens is 1. The van der Waals surface area contributed by atoms with Crippen LogP contribution >= 0.6 is 0 Å². The molecular weight excluding hydrogens is 280 g/mol. The number of aliphatic carboxylic acids is 1. The maximum atomic E-state index is 12.9. The zero-order valence-electron chi connectivity index (χ0n) is 13.3. The average Bonchev–Trinajstić information content (AvgIpc) is 2.53. The molecule has 120 valence electrons. The van der Waals surface area contributed by atoms with E-state index in [-0.39, 0.29) is 12.3 Å². The van der Waals surface area contributed by atoms with E-state index in [0.29, 0.717) is 18.9 Å². The number of carboxylic acid groups (broad SMARTS) is 1. The molecule has 5 heteroatoms. The number of hydrogen-bond donors (Lipinski definition) is 1. The molecule has 1 amide bonds. The Morgan fingerprint density at radius 2 is 2.23 bits per heavy atom. The number of hydrogen-bond acceptors (Lipinski definition) is 3. The van der Waals surface area contributed by atoms with Crippen molar-refractivity contribution in [3.8, 4) is 0 Å². The molecule has 1 aliphatic rings. The van der Waals surface area contributed by atoms with Crippen LogP contribution < -0.4 is 0 Å². The van der Waals surface area contributed by atoms with Crippen molar-refractivity contribution >= 4 is 11.9 Å². The standard InChI is InChI=1S/C17H24N2O3/c1-17(2,14-6-3-9-18-11-14)16(22)19-10-4-5-13(12-19)7-8-15(20)21/h3,6,9,11,13H,4-5,7-8,10,12H2,1-2H3,(H,20,21). The molecule has 5 nitrogen and oxygen atoms in total. The highest BCUT2D eigenvalue weighted by Crippen LogP contribution is 2.29. The van der Waals surface area contributed by atoms with Crippen LogP contribution in [0.1, 0.15) is 45.1 Å². The number of carbonyl (C=O) groups excluding carboxylic acids is 1. The highest BCUT2D eigenvalue weighted by atomic mass is 16.4. The molecule has 1 unspecified atom stereocenters. The second-order valence-electron chi connectivity index (χ2n) is 6.56. The Bertz CT molecular complexity index is 528. The fourth-order valence-corrected chi connectivity index (χ4v) is 3.06. The maximum Gasteiger partial charge on any atom is 0.303 e. The second-order valence-corrected chi connectivity index (χ2v) is 6.56. The molecule has 1 aliphatic heterocycles. The van der Waals surface area contributed by atoms with Gasteiger partial charge in [-0.15, -0.1) is 0 Å². The Hall–Kier alpha value is -1.91. The molecule has 1 aromatic rings. The Morgan fingerprint density at radius 1 is 1.45 bits per heavy atom. The summed E-state index contributed by atoms with van der Waals surface area (Å²) < 4.78 is 0. The number of rotatable bonds is 5. The summed E-state index contributed by atoms with van der Waals surface area (Å²) >= 11 is 0. The second kappa shape index (κ2) is 6.90. The van der Waals surface area contributed by atoms with Gasteiger partial charge in [-0.25, -0.2) is 0 Å². The van der Waals surface area contributed by atoms with Crippen LogP contribution in [0.25, 0.3) is 0 Å². The minimum absolute atomic E-state index is 0.0977. The molecule has 1 atom stereocenters. The van der Waals surface area contributed by atoms with Gasteiger partial charge in [0, 0.05) is 31.9 Å². The van der Waals surface area contributed by atoms with Crippen LogP contribution in [-0.2, 0) is 15.0 Å². The van der Waals surface area contributed by atoms with Crippen molar-refractivity contribution in [3.05, 3.63) is 30.1 Å². The van der Waals surface area contributed by atoms with Gasteiger partial charge in [-0.1, -0.05) is 6.07 Å². The third-order valence-electron chi connectivity index (χ3n) is 4.49. The van der Waals surface area contributed by atoms with Crippen molar-refractivity contribution in [2.75, 3.05) is 13.1 Å². The lowest BCUT2D eigenvalue weighted by Gasteiger charge is -2.37. The molecule has 2 rings (SSSR count). The molecule has 0 spiro atoms. The lowest BCUT2D eigenvalue weighted by Crippen LogP contribution is -2.48. The lowest BCUT2D eigenvalue weighted by atomic mass is 9.83. The summed E-state index contributed by atoms with van der Waals surface area (Å²) in [5, 5.41) is 8.81. The molecule has 0 bridgehead atoms. The van der Waals surface area contributed by atoms with E-state index < -0.39 is 11.4 Å². The summed E-state index contributed by atoms with van der Waals surface area (Å²) in [7, 11) is 0. The summed E-state index contributed by atoms with van der Waals surface area (Å²) in [6.07, 6.45) is 6.21. The summed E-state index contributed by atoms with van der Waals surface area (Å²) in [5.41, 5.74) is 0.302. The van der Waals surface area contributed by atoms with Gasteiger partial charge in [0.15, 0.2) is 0 Å². The number of amides is 1. The van der Waals surface area contributed by atoms with E-state index in [4.69, 9.17) is 5.11 Å². The molecule has 1 fully saturated rings. The van der Waals surface area contributed by atoms with E-state index in [1.54, 1.807) is 12.4 Å². The van der Waals surface area contributed by atoms with Gasteiger partial charge < -0.3 is 10.0 Å². The lowest BCUT2D eigenvalue weighted by molar-refractivity contribution is -0.138. The SMILES string of the molecule is CC(C)(C(=O)N1CCCC(CCC(=O)O)C1)c1cccnc1. The number of carboxylic acids is 1. The van der Waals surface area contributed by atoms with Gasteiger partial charge in [0.25, 0.3) is 0 Å². The van der Waals surface area contributed by atoms with Crippen molar-refractivity contribution in [1.29, 1.82) is 0 Å². The molecule has 1 N–H and O–H groups in total. The topological polar surface area (TPSA) is 70.5 Å². The van der Waals surface area contributed by atoms with Crippen molar-refractivity contribution in [1.82, 2.24) is 9.88 Å². The minimum atomic E-state index is -0.765. The molecule has 1 saturated heterocycles. The third-order valence-corrected chi connectivity index (χ3v) is 4.49. The maximum absolute atomic E-state index is 12.9. The van der Waals surface area contributed by atoms with Gasteiger partial charge in [0.2, 0.25) is 5.91 Å². The zero-order valence-corrected chi connectivity index (χ0v) is 13.3. The monoisotopic (exact) mass is 304 g/mol. The van der Waals surface area contributed by atoms with Gasteiger partial charge in [-0.3, -0.25) is 14.6 Å². The molecule has 22 heavy (non-hydrogen) atoms. The smallest absolute Gasteiger partial charge is 0.303 e. The Labute approximate surface area is 131 Å². The normalized spacial score (nSPS) is 19.0. The van der Waals surface area contributed by atoms with Gasteiger partial charge in [0.1, 0.15) is 0 Å². The number of carbonyl (C=O) groups is 2. The quantitative estimate of drug-likeness (QED) is 0.907. The molecule has 2 heterocycles. The van der Waals surface area contributed by atoms with Gasteiger partial charge >= 0.3 is 5.97 Å². The van der Waals surface area contributed by atoms with Crippen molar-refractivity contribution in [3.63, 3.8) is 0 Å².